The van der Waals surface area contributed by atoms with E-state index in [1.165, 1.54) is 12.8 Å². The first kappa shape index (κ1) is 16.9. The summed E-state index contributed by atoms with van der Waals surface area (Å²) < 4.78 is 28.1. The smallest absolute Gasteiger partial charge is 0.241 e. The summed E-state index contributed by atoms with van der Waals surface area (Å²) >= 11 is 3.39. The van der Waals surface area contributed by atoms with Gasteiger partial charge in [0, 0.05) is 23.1 Å². The van der Waals surface area contributed by atoms with Gasteiger partial charge in [-0.05, 0) is 59.8 Å². The summed E-state index contributed by atoms with van der Waals surface area (Å²) in [5.41, 5.74) is 1.09. The molecular formula is C15H23BrN2O2S. The molecule has 1 unspecified atom stereocenters. The highest BCUT2D eigenvalue weighted by Gasteiger charge is 2.22. The zero-order valence-corrected chi connectivity index (χ0v) is 14.9. The van der Waals surface area contributed by atoms with E-state index in [1.807, 2.05) is 26.0 Å². The third kappa shape index (κ3) is 5.06. The zero-order valence-electron chi connectivity index (χ0n) is 12.5. The SMILES string of the molecule is CCCC(C)NS(=O)(=O)c1ccc(CNC2CC2)cc1Br. The Morgan fingerprint density at radius 2 is 2.10 bits per heavy atom. The molecule has 21 heavy (non-hydrogen) atoms. The van der Waals surface area contributed by atoms with E-state index in [4.69, 9.17) is 0 Å². The highest BCUT2D eigenvalue weighted by molar-refractivity contribution is 9.10. The van der Waals surface area contributed by atoms with Crippen LogP contribution in [-0.2, 0) is 16.6 Å². The molecule has 1 fully saturated rings. The van der Waals surface area contributed by atoms with Gasteiger partial charge < -0.3 is 5.32 Å². The first-order chi connectivity index (χ1) is 9.92. The van der Waals surface area contributed by atoms with Crippen molar-refractivity contribution in [2.24, 2.45) is 0 Å². The number of nitrogens with one attached hydrogen (secondary N) is 2. The molecule has 1 atom stereocenters. The van der Waals surface area contributed by atoms with Crippen molar-refractivity contribution in [1.82, 2.24) is 10.0 Å². The molecule has 0 aliphatic heterocycles. The Hall–Kier alpha value is -0.430. The lowest BCUT2D eigenvalue weighted by atomic mass is 10.2. The molecule has 1 aliphatic carbocycles. The van der Waals surface area contributed by atoms with Crippen LogP contribution < -0.4 is 10.0 Å². The van der Waals surface area contributed by atoms with Gasteiger partial charge in [0.1, 0.15) is 0 Å². The van der Waals surface area contributed by atoms with Gasteiger partial charge in [-0.3, -0.25) is 0 Å². The van der Waals surface area contributed by atoms with Gasteiger partial charge in [0.25, 0.3) is 0 Å². The van der Waals surface area contributed by atoms with Gasteiger partial charge >= 0.3 is 0 Å². The molecule has 1 saturated carbocycles. The standard InChI is InChI=1S/C15H23BrN2O2S/c1-3-4-11(2)18-21(19,20)15-8-5-12(9-14(15)16)10-17-13-6-7-13/h5,8-9,11,13,17-18H,3-4,6-7,10H2,1-2H3. The Morgan fingerprint density at radius 1 is 1.38 bits per heavy atom. The summed E-state index contributed by atoms with van der Waals surface area (Å²) in [5.74, 6) is 0. The van der Waals surface area contributed by atoms with Crippen molar-refractivity contribution in [3.63, 3.8) is 0 Å². The van der Waals surface area contributed by atoms with E-state index in [9.17, 15) is 8.42 Å². The van der Waals surface area contributed by atoms with Crippen LogP contribution in [0, 0.1) is 0 Å². The molecule has 1 aromatic carbocycles. The molecular weight excluding hydrogens is 352 g/mol. The first-order valence-corrected chi connectivity index (χ1v) is 9.74. The zero-order chi connectivity index (χ0) is 15.5. The van der Waals surface area contributed by atoms with Crippen molar-refractivity contribution in [2.75, 3.05) is 0 Å². The maximum absolute atomic E-state index is 12.4. The lowest BCUT2D eigenvalue weighted by Crippen LogP contribution is -2.32. The lowest BCUT2D eigenvalue weighted by Gasteiger charge is -2.15. The second-order valence-corrected chi connectivity index (χ2v) is 8.27. The molecule has 0 heterocycles. The van der Waals surface area contributed by atoms with Gasteiger partial charge in [0.05, 0.1) is 4.90 Å². The quantitative estimate of drug-likeness (QED) is 0.734. The van der Waals surface area contributed by atoms with E-state index in [1.54, 1.807) is 6.07 Å². The van der Waals surface area contributed by atoms with E-state index >= 15 is 0 Å². The van der Waals surface area contributed by atoms with E-state index in [0.29, 0.717) is 15.4 Å². The third-order valence-electron chi connectivity index (χ3n) is 3.54. The second kappa shape index (κ2) is 7.22. The van der Waals surface area contributed by atoms with E-state index < -0.39 is 10.0 Å². The number of benzene rings is 1. The topological polar surface area (TPSA) is 58.2 Å². The van der Waals surface area contributed by atoms with Gasteiger partial charge in [-0.25, -0.2) is 13.1 Å². The predicted octanol–water partition coefficient (Wildman–Crippen LogP) is 3.17. The summed E-state index contributed by atoms with van der Waals surface area (Å²) in [4.78, 5) is 0.306. The first-order valence-electron chi connectivity index (χ1n) is 7.46. The molecule has 2 rings (SSSR count). The number of hydrogen-bond acceptors (Lipinski definition) is 3. The van der Waals surface area contributed by atoms with Gasteiger partial charge in [0.2, 0.25) is 10.0 Å². The Bertz CT molecular complexity index is 585. The van der Waals surface area contributed by atoms with Crippen molar-refractivity contribution in [3.05, 3.63) is 28.2 Å². The Balaban J connectivity index is 2.07. The monoisotopic (exact) mass is 374 g/mol. The molecule has 4 nitrogen and oxygen atoms in total. The predicted molar refractivity (Wildman–Crippen MR) is 88.7 cm³/mol. The summed E-state index contributed by atoms with van der Waals surface area (Å²) in [6.45, 7) is 4.72. The average molecular weight is 375 g/mol. The van der Waals surface area contributed by atoms with Crippen LogP contribution in [0.5, 0.6) is 0 Å². The minimum atomic E-state index is -3.47. The van der Waals surface area contributed by atoms with Gasteiger partial charge in [0.15, 0.2) is 0 Å². The fraction of sp³-hybridized carbons (Fsp3) is 0.600. The second-order valence-electron chi connectivity index (χ2n) is 5.73. The van der Waals surface area contributed by atoms with Crippen molar-refractivity contribution in [2.45, 2.75) is 63.1 Å². The molecule has 0 saturated heterocycles. The van der Waals surface area contributed by atoms with Crippen molar-refractivity contribution < 1.29 is 8.42 Å². The van der Waals surface area contributed by atoms with Crippen molar-refractivity contribution in [1.29, 1.82) is 0 Å². The molecule has 0 aromatic heterocycles. The van der Waals surface area contributed by atoms with Crippen LogP contribution in [0.25, 0.3) is 0 Å². The Morgan fingerprint density at radius 3 is 2.67 bits per heavy atom. The van der Waals surface area contributed by atoms with Gasteiger partial charge in [-0.1, -0.05) is 19.4 Å². The normalized spacial score (nSPS) is 16.9. The number of sulfonamides is 1. The number of halogens is 1. The third-order valence-corrected chi connectivity index (χ3v) is 6.10. The molecule has 1 aliphatic rings. The Kier molecular flexibility index (Phi) is 5.82. The molecule has 118 valence electrons. The summed E-state index contributed by atoms with van der Waals surface area (Å²) in [5, 5.41) is 3.42. The minimum absolute atomic E-state index is 0.0527. The molecule has 2 N–H and O–H groups in total. The fourth-order valence-corrected chi connectivity index (χ4v) is 4.65. The van der Waals surface area contributed by atoms with Crippen LogP contribution in [-0.4, -0.2) is 20.5 Å². The van der Waals surface area contributed by atoms with Crippen molar-refractivity contribution >= 4 is 26.0 Å². The van der Waals surface area contributed by atoms with Crippen LogP contribution in [0.2, 0.25) is 0 Å². The van der Waals surface area contributed by atoms with Crippen LogP contribution in [0.4, 0.5) is 0 Å². The molecule has 0 spiro atoms. The molecule has 1 aromatic rings. The van der Waals surface area contributed by atoms with Crippen LogP contribution in [0.15, 0.2) is 27.6 Å². The van der Waals surface area contributed by atoms with Gasteiger partial charge in [-0.15, -0.1) is 0 Å². The van der Waals surface area contributed by atoms with Crippen LogP contribution in [0.3, 0.4) is 0 Å². The number of hydrogen-bond donors (Lipinski definition) is 2. The fourth-order valence-electron chi connectivity index (χ4n) is 2.24. The lowest BCUT2D eigenvalue weighted by molar-refractivity contribution is 0.543. The highest BCUT2D eigenvalue weighted by atomic mass is 79.9. The van der Waals surface area contributed by atoms with E-state index in [2.05, 4.69) is 26.0 Å². The highest BCUT2D eigenvalue weighted by Crippen LogP contribution is 2.25. The summed E-state index contributed by atoms with van der Waals surface area (Å²) in [6, 6.07) is 6.02. The van der Waals surface area contributed by atoms with E-state index in [0.717, 1.165) is 24.9 Å². The van der Waals surface area contributed by atoms with Crippen LogP contribution in [0.1, 0.15) is 45.1 Å². The maximum atomic E-state index is 12.4. The molecule has 0 bridgehead atoms. The minimum Gasteiger partial charge on any atom is -0.310 e. The summed E-state index contributed by atoms with van der Waals surface area (Å²) in [7, 11) is -3.47. The van der Waals surface area contributed by atoms with E-state index in [-0.39, 0.29) is 6.04 Å². The summed E-state index contributed by atoms with van der Waals surface area (Å²) in [6.07, 6.45) is 4.27. The largest absolute Gasteiger partial charge is 0.310 e. The Labute approximate surface area is 135 Å². The molecule has 6 heteroatoms. The molecule has 0 radical (unpaired) electrons. The van der Waals surface area contributed by atoms with Gasteiger partial charge in [-0.2, -0.15) is 0 Å². The maximum Gasteiger partial charge on any atom is 0.241 e. The number of rotatable bonds is 8. The van der Waals surface area contributed by atoms with Crippen molar-refractivity contribution in [3.8, 4) is 0 Å². The van der Waals surface area contributed by atoms with Crippen LogP contribution >= 0.6 is 15.9 Å². The molecule has 0 amide bonds. The average Bonchev–Trinajstić information content (AvgIpc) is 3.19.